The van der Waals surface area contributed by atoms with Gasteiger partial charge in [0.1, 0.15) is 12.1 Å². The fourth-order valence-electron chi connectivity index (χ4n) is 3.30. The summed E-state index contributed by atoms with van der Waals surface area (Å²) in [4.78, 5) is 47.3. The number of imidazole rings is 1. The smallest absolute Gasteiger partial charge is 0.323 e. The van der Waals surface area contributed by atoms with E-state index in [1.54, 1.807) is 4.57 Å². The first-order chi connectivity index (χ1) is 16.1. The summed E-state index contributed by atoms with van der Waals surface area (Å²) in [6.07, 6.45) is 3.35. The highest BCUT2D eigenvalue weighted by Gasteiger charge is 2.24. The minimum atomic E-state index is -0.730. The maximum Gasteiger partial charge on any atom is 0.323 e. The molecule has 0 aromatic carbocycles. The predicted molar refractivity (Wildman–Crippen MR) is 127 cm³/mol. The predicted octanol–water partition coefficient (Wildman–Crippen LogP) is 0.541. The Morgan fingerprint density at radius 3 is 2.26 bits per heavy atom. The summed E-state index contributed by atoms with van der Waals surface area (Å²) < 4.78 is 12.5. The topological polar surface area (TPSA) is 194 Å². The van der Waals surface area contributed by atoms with Crippen molar-refractivity contribution in [2.75, 3.05) is 18.9 Å². The van der Waals surface area contributed by atoms with Crippen molar-refractivity contribution < 1.29 is 19.1 Å². The van der Waals surface area contributed by atoms with Gasteiger partial charge in [-0.2, -0.15) is 4.98 Å². The van der Waals surface area contributed by atoms with Gasteiger partial charge >= 0.3 is 11.9 Å². The average molecular weight is 480 g/mol. The third kappa shape index (κ3) is 7.00. The van der Waals surface area contributed by atoms with E-state index in [1.165, 1.54) is 6.33 Å². The molecule has 0 saturated carbocycles. The molecule has 0 aliphatic carbocycles. The molecule has 0 unspecified atom stereocenters. The number of H-pyrrole nitrogens is 1. The Morgan fingerprint density at radius 1 is 1.09 bits per heavy atom. The first kappa shape index (κ1) is 27.3. The van der Waals surface area contributed by atoms with Gasteiger partial charge in [0, 0.05) is 12.5 Å². The van der Waals surface area contributed by atoms with Crippen molar-refractivity contribution in [3.63, 3.8) is 0 Å². The summed E-state index contributed by atoms with van der Waals surface area (Å²) in [5.41, 5.74) is 17.6. The van der Waals surface area contributed by atoms with Crippen LogP contribution in [0.4, 0.5) is 5.95 Å². The van der Waals surface area contributed by atoms with Gasteiger partial charge in [-0.05, 0) is 18.3 Å². The van der Waals surface area contributed by atoms with Crippen molar-refractivity contribution in [3.8, 4) is 0 Å². The van der Waals surface area contributed by atoms with Crippen LogP contribution in [0.5, 0.6) is 0 Å². The number of esters is 2. The molecular weight excluding hydrogens is 442 g/mol. The van der Waals surface area contributed by atoms with Crippen molar-refractivity contribution >= 4 is 29.1 Å². The Labute approximate surface area is 198 Å². The van der Waals surface area contributed by atoms with Crippen LogP contribution in [-0.4, -0.2) is 56.8 Å². The highest BCUT2D eigenvalue weighted by Crippen LogP contribution is 2.15. The van der Waals surface area contributed by atoms with Gasteiger partial charge < -0.3 is 31.2 Å². The molecule has 2 rings (SSSR count). The number of hydrogen-bond donors (Lipinski definition) is 4. The Hall–Kier alpha value is -2.99. The lowest BCUT2D eigenvalue weighted by atomic mass is 10.00. The number of carbonyl (C=O) groups is 2. The SMILES string of the molecule is CC[C@H](C)[C@H](N)C(=O)OCC[C@@H](COC(=O)[C@@H](N)[C@@H](C)CC)Cn1cnc2c(=O)[nH]c(N)nc21. The number of nitrogens with two attached hydrogens (primary N) is 3. The molecule has 7 N–H and O–H groups in total. The van der Waals surface area contributed by atoms with Gasteiger partial charge in [-0.15, -0.1) is 0 Å². The third-order valence-electron chi connectivity index (χ3n) is 6.24. The number of aromatic nitrogens is 4. The first-order valence-electron chi connectivity index (χ1n) is 11.6. The third-order valence-corrected chi connectivity index (χ3v) is 6.24. The second-order valence-corrected chi connectivity index (χ2v) is 8.80. The fourth-order valence-corrected chi connectivity index (χ4v) is 3.30. The summed E-state index contributed by atoms with van der Waals surface area (Å²) >= 11 is 0. The minimum absolute atomic E-state index is 0.00164. The highest BCUT2D eigenvalue weighted by molar-refractivity contribution is 5.76. The molecular formula is C22H37N7O5. The molecule has 0 aliphatic rings. The van der Waals surface area contributed by atoms with Crippen molar-refractivity contribution in [3.05, 3.63) is 16.7 Å². The highest BCUT2D eigenvalue weighted by atomic mass is 16.5. The van der Waals surface area contributed by atoms with E-state index in [0.29, 0.717) is 18.6 Å². The summed E-state index contributed by atoms with van der Waals surface area (Å²) in [7, 11) is 0. The van der Waals surface area contributed by atoms with Crippen molar-refractivity contribution in [1.29, 1.82) is 0 Å². The van der Waals surface area contributed by atoms with Gasteiger partial charge in [-0.25, -0.2) is 4.98 Å². The Kier molecular flexibility index (Phi) is 9.99. The molecule has 2 aromatic rings. The molecule has 0 aliphatic heterocycles. The van der Waals surface area contributed by atoms with Crippen LogP contribution < -0.4 is 22.8 Å². The quantitative estimate of drug-likeness (QED) is 0.294. The normalized spacial score (nSPS) is 15.9. The lowest BCUT2D eigenvalue weighted by Gasteiger charge is -2.22. The summed E-state index contributed by atoms with van der Waals surface area (Å²) in [5, 5.41) is 0. The number of aromatic amines is 1. The van der Waals surface area contributed by atoms with Gasteiger partial charge in [0.2, 0.25) is 5.95 Å². The lowest BCUT2D eigenvalue weighted by molar-refractivity contribution is -0.150. The van der Waals surface area contributed by atoms with Crippen LogP contribution in [0.2, 0.25) is 0 Å². The maximum absolute atomic E-state index is 12.4. The molecule has 0 amide bonds. The summed E-state index contributed by atoms with van der Waals surface area (Å²) in [6, 6.07) is -1.43. The molecule has 34 heavy (non-hydrogen) atoms. The number of fused-ring (bicyclic) bond motifs is 1. The van der Waals surface area contributed by atoms with Crippen molar-refractivity contribution in [2.45, 2.75) is 65.6 Å². The van der Waals surface area contributed by atoms with Gasteiger partial charge in [-0.1, -0.05) is 40.5 Å². The molecule has 0 spiro atoms. The zero-order valence-electron chi connectivity index (χ0n) is 20.3. The molecule has 0 fully saturated rings. The van der Waals surface area contributed by atoms with Crippen molar-refractivity contribution in [2.24, 2.45) is 29.2 Å². The molecule has 12 heteroatoms. The standard InChI is InChI=1S/C22H37N7O5/c1-5-12(3)15(23)20(31)33-8-7-14(10-34-21(32)16(24)13(4)6-2)9-29-11-26-17-18(29)27-22(25)28-19(17)30/h11-16H,5-10,23-24H2,1-4H3,(H3,25,27,28,30)/t12-,13-,14+,15-,16-/m0/s1. The number of nitrogen functional groups attached to an aromatic ring is 1. The number of carbonyl (C=O) groups excluding carboxylic acids is 2. The van der Waals surface area contributed by atoms with Gasteiger partial charge in [0.05, 0.1) is 19.5 Å². The van der Waals surface area contributed by atoms with Crippen LogP contribution >= 0.6 is 0 Å². The zero-order valence-corrected chi connectivity index (χ0v) is 20.3. The van der Waals surface area contributed by atoms with E-state index in [1.807, 2.05) is 27.7 Å². The number of ether oxygens (including phenoxy) is 2. The summed E-state index contributed by atoms with van der Waals surface area (Å²) in [5.74, 6) is -1.30. The monoisotopic (exact) mass is 479 g/mol. The first-order valence-corrected chi connectivity index (χ1v) is 11.6. The second-order valence-electron chi connectivity index (χ2n) is 8.80. The van der Waals surface area contributed by atoms with Crippen LogP contribution in [0, 0.1) is 17.8 Å². The van der Waals surface area contributed by atoms with E-state index < -0.39 is 29.6 Å². The van der Waals surface area contributed by atoms with E-state index in [0.717, 1.165) is 12.8 Å². The van der Waals surface area contributed by atoms with Crippen LogP contribution in [0.1, 0.15) is 47.0 Å². The Balaban J connectivity index is 2.11. The molecule has 2 heterocycles. The van der Waals surface area contributed by atoms with Crippen LogP contribution in [0.25, 0.3) is 11.2 Å². The van der Waals surface area contributed by atoms with Crippen LogP contribution in [-0.2, 0) is 25.6 Å². The van der Waals surface area contributed by atoms with E-state index in [9.17, 15) is 14.4 Å². The molecule has 0 bridgehead atoms. The number of rotatable bonds is 13. The van der Waals surface area contributed by atoms with Crippen LogP contribution in [0.15, 0.2) is 11.1 Å². The van der Waals surface area contributed by atoms with E-state index in [2.05, 4.69) is 15.0 Å². The number of hydrogen-bond acceptors (Lipinski definition) is 10. The number of nitrogens with zero attached hydrogens (tertiary/aromatic N) is 3. The molecule has 5 atom stereocenters. The average Bonchev–Trinajstić information content (AvgIpc) is 3.22. The van der Waals surface area contributed by atoms with Gasteiger partial charge in [0.15, 0.2) is 11.2 Å². The fraction of sp³-hybridized carbons (Fsp3) is 0.682. The zero-order chi connectivity index (χ0) is 25.4. The molecule has 0 saturated heterocycles. The van der Waals surface area contributed by atoms with Crippen LogP contribution in [0.3, 0.4) is 0 Å². The number of anilines is 1. The molecule has 0 radical (unpaired) electrons. The Morgan fingerprint density at radius 2 is 1.68 bits per heavy atom. The summed E-state index contributed by atoms with van der Waals surface area (Å²) in [6.45, 7) is 8.10. The van der Waals surface area contributed by atoms with Gasteiger partial charge in [0.25, 0.3) is 5.56 Å². The van der Waals surface area contributed by atoms with E-state index in [4.69, 9.17) is 26.7 Å². The second kappa shape index (κ2) is 12.5. The Bertz CT molecular complexity index is 1020. The van der Waals surface area contributed by atoms with Crippen molar-refractivity contribution in [1.82, 2.24) is 19.5 Å². The lowest BCUT2D eigenvalue weighted by Crippen LogP contribution is -2.39. The molecule has 12 nitrogen and oxygen atoms in total. The molecule has 190 valence electrons. The number of nitrogens with one attached hydrogen (secondary N) is 1. The van der Waals surface area contributed by atoms with Gasteiger partial charge in [-0.3, -0.25) is 19.4 Å². The van der Waals surface area contributed by atoms with E-state index >= 15 is 0 Å². The largest absolute Gasteiger partial charge is 0.465 e. The minimum Gasteiger partial charge on any atom is -0.465 e. The molecule has 2 aromatic heterocycles. The van der Waals surface area contributed by atoms with E-state index in [-0.39, 0.29) is 42.4 Å². The maximum atomic E-state index is 12.4.